The van der Waals surface area contributed by atoms with Gasteiger partial charge in [0.2, 0.25) is 0 Å². The average molecular weight is 425 g/mol. The summed E-state index contributed by atoms with van der Waals surface area (Å²) in [5, 5.41) is 10.1. The topological polar surface area (TPSA) is 93.9 Å². The first-order chi connectivity index (χ1) is 14.5. The van der Waals surface area contributed by atoms with Crippen molar-refractivity contribution in [1.29, 1.82) is 0 Å². The number of rotatable bonds is 4. The van der Waals surface area contributed by atoms with Crippen molar-refractivity contribution in [1.82, 2.24) is 9.55 Å². The lowest BCUT2D eigenvalue weighted by atomic mass is 10.1. The number of carboxylic acid groups (broad SMARTS) is 1. The molecule has 3 aromatic rings. The van der Waals surface area contributed by atoms with Gasteiger partial charge in [-0.1, -0.05) is 6.07 Å². The van der Waals surface area contributed by atoms with Crippen molar-refractivity contribution >= 4 is 28.8 Å². The molecule has 8 heteroatoms. The number of nitrogens with zero attached hydrogens (tertiary/aromatic N) is 3. The molecule has 31 heavy (non-hydrogen) atoms. The molecule has 0 bridgehead atoms. The number of aryl methyl sites for hydroxylation is 1. The van der Waals surface area contributed by atoms with Gasteiger partial charge in [-0.15, -0.1) is 0 Å². The zero-order valence-corrected chi connectivity index (χ0v) is 18.6. The van der Waals surface area contributed by atoms with Crippen molar-refractivity contribution in [3.63, 3.8) is 0 Å². The Kier molecular flexibility index (Phi) is 5.92. The van der Waals surface area contributed by atoms with Gasteiger partial charge in [0.05, 0.1) is 30.6 Å². The molecule has 2 aromatic heterocycles. The number of benzene rings is 1. The number of anilines is 1. The molecule has 2 heterocycles. The van der Waals surface area contributed by atoms with Crippen LogP contribution in [0.1, 0.15) is 37.6 Å². The highest BCUT2D eigenvalue weighted by atomic mass is 16.6. The highest BCUT2D eigenvalue weighted by Crippen LogP contribution is 2.32. The molecule has 1 aromatic carbocycles. The molecular weight excluding hydrogens is 398 g/mol. The number of hydrogen-bond acceptors (Lipinski definition) is 5. The van der Waals surface area contributed by atoms with E-state index >= 15 is 0 Å². The molecule has 0 atom stereocenters. The maximum absolute atomic E-state index is 13.2. The van der Waals surface area contributed by atoms with E-state index in [1.54, 1.807) is 58.3 Å². The monoisotopic (exact) mass is 425 g/mol. The molecule has 0 spiro atoms. The van der Waals surface area contributed by atoms with Gasteiger partial charge in [0.1, 0.15) is 11.4 Å². The number of aromatic nitrogens is 2. The zero-order valence-electron chi connectivity index (χ0n) is 18.6. The second kappa shape index (κ2) is 8.29. The molecule has 0 saturated carbocycles. The van der Waals surface area contributed by atoms with Gasteiger partial charge in [0, 0.05) is 28.9 Å². The Morgan fingerprint density at radius 3 is 2.52 bits per heavy atom. The van der Waals surface area contributed by atoms with E-state index in [1.807, 2.05) is 13.8 Å². The fourth-order valence-corrected chi connectivity index (χ4v) is 3.50. The number of amides is 1. The molecule has 0 unspecified atom stereocenters. The second-order valence-corrected chi connectivity index (χ2v) is 8.29. The van der Waals surface area contributed by atoms with Crippen LogP contribution in [0.2, 0.25) is 0 Å². The third-order valence-corrected chi connectivity index (χ3v) is 4.88. The van der Waals surface area contributed by atoms with Crippen molar-refractivity contribution in [3.05, 3.63) is 53.5 Å². The van der Waals surface area contributed by atoms with Crippen molar-refractivity contribution < 1.29 is 24.2 Å². The van der Waals surface area contributed by atoms with Crippen LogP contribution in [-0.4, -0.2) is 39.6 Å². The maximum atomic E-state index is 13.2. The van der Waals surface area contributed by atoms with Gasteiger partial charge in [0.15, 0.2) is 0 Å². The Morgan fingerprint density at radius 2 is 1.90 bits per heavy atom. The van der Waals surface area contributed by atoms with Crippen LogP contribution in [0.4, 0.5) is 15.3 Å². The fraction of sp³-hybridized carbons (Fsp3) is 0.348. The van der Waals surface area contributed by atoms with E-state index in [-0.39, 0.29) is 6.54 Å². The minimum absolute atomic E-state index is 0.134. The lowest BCUT2D eigenvalue weighted by Crippen LogP contribution is -2.37. The van der Waals surface area contributed by atoms with Gasteiger partial charge >= 0.3 is 12.2 Å². The Balaban J connectivity index is 2.14. The quantitative estimate of drug-likeness (QED) is 0.623. The van der Waals surface area contributed by atoms with Crippen molar-refractivity contribution in [2.75, 3.05) is 12.0 Å². The van der Waals surface area contributed by atoms with Crippen LogP contribution in [0.5, 0.6) is 5.75 Å². The smallest absolute Gasteiger partial charge is 0.416 e. The first kappa shape index (κ1) is 22.1. The van der Waals surface area contributed by atoms with Gasteiger partial charge in [0.25, 0.3) is 0 Å². The summed E-state index contributed by atoms with van der Waals surface area (Å²) in [7, 11) is 1.60. The summed E-state index contributed by atoms with van der Waals surface area (Å²) in [6.45, 7) is 9.32. The summed E-state index contributed by atoms with van der Waals surface area (Å²) in [6.07, 6.45) is 1.51. The Bertz CT molecular complexity index is 1140. The molecule has 0 fully saturated rings. The van der Waals surface area contributed by atoms with Crippen molar-refractivity contribution in [2.24, 2.45) is 0 Å². The molecular formula is C23H27N3O5. The van der Waals surface area contributed by atoms with Crippen LogP contribution in [0, 0.1) is 13.8 Å². The lowest BCUT2D eigenvalue weighted by molar-refractivity contribution is 0.0577. The van der Waals surface area contributed by atoms with Crippen LogP contribution in [-0.2, 0) is 11.3 Å². The number of carbonyl (C=O) groups is 2. The summed E-state index contributed by atoms with van der Waals surface area (Å²) in [6, 6.07) is 6.84. The molecule has 1 amide bonds. The van der Waals surface area contributed by atoms with Crippen LogP contribution in [0.25, 0.3) is 10.9 Å². The van der Waals surface area contributed by atoms with Gasteiger partial charge < -0.3 is 14.6 Å². The number of ether oxygens (including phenoxy) is 2. The lowest BCUT2D eigenvalue weighted by Gasteiger charge is -2.28. The summed E-state index contributed by atoms with van der Waals surface area (Å²) in [4.78, 5) is 30.7. The highest BCUT2D eigenvalue weighted by molar-refractivity contribution is 6.03. The molecule has 164 valence electrons. The number of fused-ring (bicyclic) bond motifs is 1. The van der Waals surface area contributed by atoms with E-state index in [1.165, 1.54) is 11.1 Å². The molecule has 0 radical (unpaired) electrons. The van der Waals surface area contributed by atoms with Crippen LogP contribution >= 0.6 is 0 Å². The first-order valence-electron chi connectivity index (χ1n) is 9.86. The minimum atomic E-state index is -1.10. The largest absolute Gasteiger partial charge is 0.496 e. The average Bonchev–Trinajstić information content (AvgIpc) is 3.11. The molecule has 1 N–H and O–H groups in total. The fourth-order valence-electron chi connectivity index (χ4n) is 3.50. The number of pyridine rings is 1. The van der Waals surface area contributed by atoms with E-state index in [9.17, 15) is 14.7 Å². The van der Waals surface area contributed by atoms with Crippen LogP contribution in [0.15, 0.2) is 36.7 Å². The number of methoxy groups -OCH3 is 1. The van der Waals surface area contributed by atoms with Crippen molar-refractivity contribution in [2.45, 2.75) is 46.8 Å². The Hall–Kier alpha value is -3.55. The van der Waals surface area contributed by atoms with Gasteiger partial charge in [-0.3, -0.25) is 14.5 Å². The molecule has 0 aliphatic heterocycles. The van der Waals surface area contributed by atoms with Gasteiger partial charge in [-0.25, -0.2) is 9.59 Å². The summed E-state index contributed by atoms with van der Waals surface area (Å²) >= 11 is 0. The Morgan fingerprint density at radius 1 is 1.19 bits per heavy atom. The summed E-state index contributed by atoms with van der Waals surface area (Å²) in [5.41, 5.74) is 2.68. The molecule has 0 aliphatic rings. The van der Waals surface area contributed by atoms with Crippen molar-refractivity contribution in [3.8, 4) is 5.75 Å². The Labute approximate surface area is 181 Å². The molecule has 0 saturated heterocycles. The van der Waals surface area contributed by atoms with Crippen LogP contribution in [0.3, 0.4) is 0 Å². The number of hydrogen-bond donors (Lipinski definition) is 1. The van der Waals surface area contributed by atoms with E-state index in [0.29, 0.717) is 28.0 Å². The van der Waals surface area contributed by atoms with Crippen LogP contribution < -0.4 is 9.64 Å². The third kappa shape index (κ3) is 4.47. The maximum Gasteiger partial charge on any atom is 0.416 e. The van der Waals surface area contributed by atoms with Gasteiger partial charge in [-0.05, 0) is 52.8 Å². The third-order valence-electron chi connectivity index (χ3n) is 4.88. The zero-order chi connectivity index (χ0) is 22.9. The predicted molar refractivity (Wildman–Crippen MR) is 118 cm³/mol. The highest BCUT2D eigenvalue weighted by Gasteiger charge is 2.27. The SMILES string of the molecule is COc1c(C)cnc(CN(C(=O)OC(C)(C)C)c2cccc3c2ccn3C(=O)O)c1C. The van der Waals surface area contributed by atoms with E-state index < -0.39 is 17.8 Å². The predicted octanol–water partition coefficient (Wildman–Crippen LogP) is 5.13. The number of carbonyl (C=O) groups excluding carboxylic acids is 1. The second-order valence-electron chi connectivity index (χ2n) is 8.29. The molecule has 0 aliphatic carbocycles. The summed E-state index contributed by atoms with van der Waals surface area (Å²) in [5.74, 6) is 0.712. The molecule has 3 rings (SSSR count). The first-order valence-corrected chi connectivity index (χ1v) is 9.86. The van der Waals surface area contributed by atoms with E-state index in [2.05, 4.69) is 4.98 Å². The van der Waals surface area contributed by atoms with E-state index in [4.69, 9.17) is 9.47 Å². The normalized spacial score (nSPS) is 11.4. The minimum Gasteiger partial charge on any atom is -0.496 e. The van der Waals surface area contributed by atoms with E-state index in [0.717, 1.165) is 15.7 Å². The molecule has 8 nitrogen and oxygen atoms in total. The standard InChI is InChI=1S/C23H27N3O5/c1-14-12-24-17(15(2)20(14)30-6)13-26(22(29)31-23(3,4)5)19-9-7-8-18-16(19)10-11-25(18)21(27)28/h7-12H,13H2,1-6H3,(H,27,28). The summed E-state index contributed by atoms with van der Waals surface area (Å²) < 4.78 is 12.3. The van der Waals surface area contributed by atoms with Gasteiger partial charge in [-0.2, -0.15) is 0 Å².